The van der Waals surface area contributed by atoms with Crippen molar-refractivity contribution in [3.8, 4) is 0 Å². The van der Waals surface area contributed by atoms with E-state index in [0.29, 0.717) is 6.54 Å². The van der Waals surface area contributed by atoms with Crippen LogP contribution in [0.3, 0.4) is 0 Å². The van der Waals surface area contributed by atoms with Gasteiger partial charge in [-0.05, 0) is 25.3 Å². The van der Waals surface area contributed by atoms with Crippen LogP contribution in [-0.4, -0.2) is 40.3 Å². The van der Waals surface area contributed by atoms with E-state index < -0.39 is 0 Å². The molecule has 1 aromatic rings. The molecule has 3 rings (SSSR count). The molecule has 0 bridgehead atoms. The zero-order chi connectivity index (χ0) is 14.7. The fourth-order valence-electron chi connectivity index (χ4n) is 2.54. The number of nitrogens with two attached hydrogens (primary N) is 1. The third-order valence-corrected chi connectivity index (χ3v) is 5.02. The number of anilines is 1. The summed E-state index contributed by atoms with van der Waals surface area (Å²) in [6, 6.07) is 1.84. The number of nitrogens with one attached hydrogen (secondary N) is 1. The SMILES string of the molecule is Cl.NCC1(NC(=O)C2=CN(c3ccncn3)CCS2)CCC1. The normalized spacial score (nSPS) is 19.5. The van der Waals surface area contributed by atoms with E-state index in [4.69, 9.17) is 5.73 Å². The van der Waals surface area contributed by atoms with Crippen LogP contribution in [0.25, 0.3) is 0 Å². The van der Waals surface area contributed by atoms with E-state index in [-0.39, 0.29) is 23.9 Å². The number of carbonyl (C=O) groups excluding carboxylic acids is 1. The summed E-state index contributed by atoms with van der Waals surface area (Å²) in [5.74, 6) is 1.65. The van der Waals surface area contributed by atoms with Gasteiger partial charge in [0.2, 0.25) is 0 Å². The summed E-state index contributed by atoms with van der Waals surface area (Å²) >= 11 is 1.58. The van der Waals surface area contributed by atoms with Crippen LogP contribution in [0.4, 0.5) is 5.82 Å². The Hall–Kier alpha value is -1.31. The van der Waals surface area contributed by atoms with Gasteiger partial charge in [0.15, 0.2) is 0 Å². The van der Waals surface area contributed by atoms with E-state index in [1.54, 1.807) is 18.0 Å². The van der Waals surface area contributed by atoms with Crippen LogP contribution in [0, 0.1) is 0 Å². The van der Waals surface area contributed by atoms with Crippen molar-refractivity contribution in [2.75, 3.05) is 23.7 Å². The third kappa shape index (κ3) is 3.53. The van der Waals surface area contributed by atoms with Crippen molar-refractivity contribution in [2.24, 2.45) is 5.73 Å². The average Bonchev–Trinajstić information content (AvgIpc) is 2.52. The van der Waals surface area contributed by atoms with E-state index in [1.807, 2.05) is 17.2 Å². The Bertz CT molecular complexity index is 544. The molecule has 2 aliphatic rings. The third-order valence-electron chi connectivity index (χ3n) is 4.03. The van der Waals surface area contributed by atoms with Crippen LogP contribution in [0.15, 0.2) is 29.7 Å². The van der Waals surface area contributed by atoms with E-state index in [9.17, 15) is 4.79 Å². The van der Waals surface area contributed by atoms with Gasteiger partial charge in [-0.3, -0.25) is 4.79 Å². The number of halogens is 1. The van der Waals surface area contributed by atoms with Crippen LogP contribution in [0.1, 0.15) is 19.3 Å². The highest BCUT2D eigenvalue weighted by Crippen LogP contribution is 2.32. The number of hydrogen-bond donors (Lipinski definition) is 2. The second kappa shape index (κ2) is 7.30. The summed E-state index contributed by atoms with van der Waals surface area (Å²) in [6.07, 6.45) is 8.18. The van der Waals surface area contributed by atoms with Gasteiger partial charge < -0.3 is 16.0 Å². The molecule has 1 aliphatic heterocycles. The molecule has 0 unspecified atom stereocenters. The zero-order valence-corrected chi connectivity index (χ0v) is 13.8. The molecule has 8 heteroatoms. The van der Waals surface area contributed by atoms with Gasteiger partial charge in [0, 0.05) is 31.2 Å². The van der Waals surface area contributed by atoms with E-state index in [1.165, 1.54) is 6.33 Å². The van der Waals surface area contributed by atoms with Crippen molar-refractivity contribution in [1.29, 1.82) is 0 Å². The molecule has 1 aliphatic carbocycles. The van der Waals surface area contributed by atoms with Crippen molar-refractivity contribution < 1.29 is 4.79 Å². The van der Waals surface area contributed by atoms with Gasteiger partial charge in [0.25, 0.3) is 5.91 Å². The first-order valence-electron chi connectivity index (χ1n) is 7.12. The molecular formula is C14H20ClN5OS. The van der Waals surface area contributed by atoms with Gasteiger partial charge in [-0.15, -0.1) is 24.2 Å². The number of aromatic nitrogens is 2. The summed E-state index contributed by atoms with van der Waals surface area (Å²) in [6.45, 7) is 1.34. The lowest BCUT2D eigenvalue weighted by Gasteiger charge is -2.42. The Labute approximate surface area is 140 Å². The van der Waals surface area contributed by atoms with Gasteiger partial charge in [-0.2, -0.15) is 0 Å². The first-order valence-corrected chi connectivity index (χ1v) is 8.11. The number of amides is 1. The average molecular weight is 342 g/mol. The predicted octanol–water partition coefficient (Wildman–Crippen LogP) is 1.29. The van der Waals surface area contributed by atoms with E-state index >= 15 is 0 Å². The predicted molar refractivity (Wildman–Crippen MR) is 90.9 cm³/mol. The van der Waals surface area contributed by atoms with Crippen molar-refractivity contribution in [1.82, 2.24) is 15.3 Å². The number of rotatable bonds is 4. The fourth-order valence-corrected chi connectivity index (χ4v) is 3.43. The van der Waals surface area contributed by atoms with Gasteiger partial charge in [0.05, 0.1) is 10.4 Å². The minimum absolute atomic E-state index is 0. The Balaban J connectivity index is 0.00000176. The maximum absolute atomic E-state index is 12.4. The molecule has 6 nitrogen and oxygen atoms in total. The fraction of sp³-hybridized carbons (Fsp3) is 0.500. The highest BCUT2D eigenvalue weighted by Gasteiger charge is 2.37. The van der Waals surface area contributed by atoms with E-state index in [2.05, 4.69) is 15.3 Å². The second-order valence-corrected chi connectivity index (χ2v) is 6.53. The summed E-state index contributed by atoms with van der Waals surface area (Å²) in [5.41, 5.74) is 5.61. The highest BCUT2D eigenvalue weighted by atomic mass is 35.5. The van der Waals surface area contributed by atoms with Crippen molar-refractivity contribution >= 4 is 35.9 Å². The van der Waals surface area contributed by atoms with Crippen molar-refractivity contribution in [3.63, 3.8) is 0 Å². The molecule has 0 radical (unpaired) electrons. The maximum Gasteiger partial charge on any atom is 0.259 e. The van der Waals surface area contributed by atoms with Gasteiger partial charge in [-0.25, -0.2) is 9.97 Å². The maximum atomic E-state index is 12.4. The van der Waals surface area contributed by atoms with Crippen LogP contribution < -0.4 is 16.0 Å². The summed E-state index contributed by atoms with van der Waals surface area (Å²) in [4.78, 5) is 23.3. The summed E-state index contributed by atoms with van der Waals surface area (Å²) in [5, 5.41) is 3.11. The number of hydrogen-bond acceptors (Lipinski definition) is 6. The highest BCUT2D eigenvalue weighted by molar-refractivity contribution is 8.04. The molecule has 120 valence electrons. The van der Waals surface area contributed by atoms with Crippen molar-refractivity contribution in [2.45, 2.75) is 24.8 Å². The van der Waals surface area contributed by atoms with Gasteiger partial charge >= 0.3 is 0 Å². The molecule has 3 N–H and O–H groups in total. The van der Waals surface area contributed by atoms with Crippen LogP contribution in [0.5, 0.6) is 0 Å². The van der Waals surface area contributed by atoms with Gasteiger partial charge in [0.1, 0.15) is 12.1 Å². The van der Waals surface area contributed by atoms with E-state index in [0.717, 1.165) is 42.3 Å². The lowest BCUT2D eigenvalue weighted by atomic mass is 9.77. The van der Waals surface area contributed by atoms with Crippen LogP contribution >= 0.6 is 24.2 Å². The lowest BCUT2D eigenvalue weighted by molar-refractivity contribution is -0.119. The largest absolute Gasteiger partial charge is 0.345 e. The number of thioether (sulfide) groups is 1. The first kappa shape index (κ1) is 17.1. The standard InChI is InChI=1S/C14H19N5OS.ClH/c15-9-14(3-1-4-14)18-13(20)11-8-19(6-7-21-11)12-2-5-16-10-17-12;/h2,5,8,10H,1,3-4,6-7,9,15H2,(H,18,20);1H. The molecule has 1 saturated carbocycles. The van der Waals surface area contributed by atoms with Crippen LogP contribution in [-0.2, 0) is 4.79 Å². The molecule has 0 saturated heterocycles. The topological polar surface area (TPSA) is 84.1 Å². The molecule has 0 spiro atoms. The monoisotopic (exact) mass is 341 g/mol. The molecular weight excluding hydrogens is 322 g/mol. The molecule has 1 amide bonds. The second-order valence-electron chi connectivity index (χ2n) is 5.39. The molecule has 0 atom stereocenters. The molecule has 2 heterocycles. The molecule has 0 aromatic carbocycles. The van der Waals surface area contributed by atoms with Crippen molar-refractivity contribution in [3.05, 3.63) is 29.7 Å². The van der Waals surface area contributed by atoms with Crippen LogP contribution in [0.2, 0.25) is 0 Å². The Morgan fingerprint density at radius 3 is 2.91 bits per heavy atom. The number of nitrogens with zero attached hydrogens (tertiary/aromatic N) is 3. The quantitative estimate of drug-likeness (QED) is 0.858. The lowest BCUT2D eigenvalue weighted by Crippen LogP contribution is -2.58. The molecule has 1 aromatic heterocycles. The minimum Gasteiger partial charge on any atom is -0.345 e. The van der Waals surface area contributed by atoms with Gasteiger partial charge in [-0.1, -0.05) is 0 Å². The smallest absolute Gasteiger partial charge is 0.259 e. The molecule has 1 fully saturated rings. The Kier molecular flexibility index (Phi) is 5.66. The first-order chi connectivity index (χ1) is 10.2. The zero-order valence-electron chi connectivity index (χ0n) is 12.2. The minimum atomic E-state index is -0.185. The summed E-state index contributed by atoms with van der Waals surface area (Å²) in [7, 11) is 0. The Morgan fingerprint density at radius 2 is 2.32 bits per heavy atom. The molecule has 22 heavy (non-hydrogen) atoms. The summed E-state index contributed by atoms with van der Waals surface area (Å²) < 4.78 is 0. The Morgan fingerprint density at radius 1 is 1.50 bits per heavy atom. The number of carbonyl (C=O) groups is 1.